The van der Waals surface area contributed by atoms with E-state index >= 15 is 0 Å². The number of piperidine rings is 1. The minimum absolute atomic E-state index is 0.0824. The number of piperazine rings is 1. The van der Waals surface area contributed by atoms with Crippen molar-refractivity contribution in [1.82, 2.24) is 24.6 Å². The van der Waals surface area contributed by atoms with E-state index in [2.05, 4.69) is 19.7 Å². The smallest absolute Gasteiger partial charge is 0.354 e. The molecule has 1 aliphatic carbocycles. The van der Waals surface area contributed by atoms with Crippen LogP contribution in [0.5, 0.6) is 0 Å². The summed E-state index contributed by atoms with van der Waals surface area (Å²) in [4.78, 5) is 24.3. The van der Waals surface area contributed by atoms with Crippen LogP contribution in [0.3, 0.4) is 0 Å². The molecule has 0 bridgehead atoms. The van der Waals surface area contributed by atoms with Crippen molar-refractivity contribution in [3.63, 3.8) is 0 Å². The maximum Gasteiger partial charge on any atom is 0.354 e. The average Bonchev–Trinajstić information content (AvgIpc) is 3.30. The Bertz CT molecular complexity index is 1260. The predicted octanol–water partition coefficient (Wildman–Crippen LogP) is 3.62. The summed E-state index contributed by atoms with van der Waals surface area (Å²) in [5, 5.41) is 16.1. The molecule has 3 fully saturated rings. The number of rotatable bonds is 8. The minimum atomic E-state index is -1.000. The van der Waals surface area contributed by atoms with Crippen molar-refractivity contribution in [1.29, 1.82) is 0 Å². The Morgan fingerprint density at radius 2 is 1.76 bits per heavy atom. The van der Waals surface area contributed by atoms with Gasteiger partial charge in [-0.05, 0) is 43.9 Å². The first kappa shape index (κ1) is 25.3. The van der Waals surface area contributed by atoms with E-state index in [4.69, 9.17) is 9.84 Å². The van der Waals surface area contributed by atoms with Crippen LogP contribution in [0.25, 0.3) is 16.7 Å². The van der Waals surface area contributed by atoms with Crippen LogP contribution in [0.4, 0.5) is 5.69 Å². The van der Waals surface area contributed by atoms with Gasteiger partial charge in [0.15, 0.2) is 11.3 Å². The number of carboxylic acid groups (broad SMARTS) is 1. The minimum Gasteiger partial charge on any atom is -0.477 e. The number of anilines is 1. The largest absolute Gasteiger partial charge is 0.477 e. The van der Waals surface area contributed by atoms with Crippen LogP contribution in [0.1, 0.15) is 54.2 Å². The van der Waals surface area contributed by atoms with Crippen molar-refractivity contribution in [3.05, 3.63) is 47.8 Å². The molecule has 1 N–H and O–H groups in total. The molecular formula is C29H38N6O3. The Balaban J connectivity index is 1.28. The molecule has 0 radical (unpaired) electrons. The Morgan fingerprint density at radius 1 is 1.03 bits per heavy atom. The second-order valence-corrected chi connectivity index (χ2v) is 10.9. The van der Waals surface area contributed by atoms with Crippen molar-refractivity contribution in [2.45, 2.75) is 44.1 Å². The number of para-hydroxylation sites is 1. The number of pyridine rings is 1. The number of carbonyl (C=O) groups is 1. The molecule has 2 aromatic heterocycles. The second kappa shape index (κ2) is 11.0. The lowest BCUT2D eigenvalue weighted by atomic mass is 9.82. The Kier molecular flexibility index (Phi) is 7.32. The summed E-state index contributed by atoms with van der Waals surface area (Å²) in [6, 6.07) is 12.3. The van der Waals surface area contributed by atoms with Gasteiger partial charge in [0.2, 0.25) is 0 Å². The molecule has 0 amide bonds. The lowest BCUT2D eigenvalue weighted by molar-refractivity contribution is 0.0671. The maximum absolute atomic E-state index is 12.2. The van der Waals surface area contributed by atoms with Gasteiger partial charge in [0, 0.05) is 64.9 Å². The van der Waals surface area contributed by atoms with Gasteiger partial charge < -0.3 is 14.7 Å². The number of hydrogen-bond donors (Lipinski definition) is 1. The van der Waals surface area contributed by atoms with Crippen LogP contribution in [0.15, 0.2) is 36.4 Å². The molecule has 9 nitrogen and oxygen atoms in total. The van der Waals surface area contributed by atoms with Crippen LogP contribution < -0.4 is 4.90 Å². The Labute approximate surface area is 224 Å². The quantitative estimate of drug-likeness (QED) is 0.484. The second-order valence-electron chi connectivity index (χ2n) is 10.9. The van der Waals surface area contributed by atoms with E-state index in [1.807, 2.05) is 35.0 Å². The fourth-order valence-corrected chi connectivity index (χ4v) is 6.24. The zero-order valence-electron chi connectivity index (χ0n) is 22.3. The summed E-state index contributed by atoms with van der Waals surface area (Å²) in [5.41, 5.74) is 3.71. The van der Waals surface area contributed by atoms with Crippen molar-refractivity contribution < 1.29 is 14.6 Å². The summed E-state index contributed by atoms with van der Waals surface area (Å²) >= 11 is 0. The number of methoxy groups -OCH3 is 1. The molecule has 38 heavy (non-hydrogen) atoms. The topological polar surface area (TPSA) is 87.0 Å². The third-order valence-electron chi connectivity index (χ3n) is 8.70. The molecule has 1 aromatic carbocycles. The number of benzene rings is 1. The molecule has 0 atom stereocenters. The first-order valence-electron chi connectivity index (χ1n) is 14.0. The molecule has 0 spiro atoms. The molecule has 0 unspecified atom stereocenters. The predicted molar refractivity (Wildman–Crippen MR) is 148 cm³/mol. The summed E-state index contributed by atoms with van der Waals surface area (Å²) < 4.78 is 7.10. The number of ether oxygens (including phenoxy) is 1. The van der Waals surface area contributed by atoms with Gasteiger partial charge >= 0.3 is 5.97 Å². The molecule has 6 rings (SSSR count). The van der Waals surface area contributed by atoms with Crippen LogP contribution in [-0.4, -0.2) is 101 Å². The summed E-state index contributed by atoms with van der Waals surface area (Å²) in [5.74, 6) is -0.592. The molecule has 202 valence electrons. The fourth-order valence-electron chi connectivity index (χ4n) is 6.24. The normalized spacial score (nSPS) is 20.2. The molecule has 3 aliphatic rings. The van der Waals surface area contributed by atoms with Gasteiger partial charge in [-0.25, -0.2) is 14.5 Å². The van der Waals surface area contributed by atoms with E-state index < -0.39 is 5.97 Å². The number of hydrogen-bond acceptors (Lipinski definition) is 7. The summed E-state index contributed by atoms with van der Waals surface area (Å²) in [6.07, 6.45) is 5.62. The van der Waals surface area contributed by atoms with Crippen molar-refractivity contribution in [3.8, 4) is 5.69 Å². The van der Waals surface area contributed by atoms with E-state index in [1.54, 1.807) is 13.2 Å². The van der Waals surface area contributed by atoms with Gasteiger partial charge in [-0.15, -0.1) is 0 Å². The molecule has 3 aromatic rings. The average molecular weight is 519 g/mol. The number of aromatic carboxylic acids is 1. The number of carboxylic acids is 1. The standard InChI is InChI=1S/C29H38N6O3/c1-38-19-18-32-14-16-33(17-15-32)22-10-12-34(13-11-22)25-20-24(29(36)37)30-28-26(25)27(21-6-5-7-21)31-35(28)23-8-3-2-4-9-23/h2-4,8-9,20-22H,5-7,10-19H2,1H3,(H,36,37). The van der Waals surface area contributed by atoms with Crippen LogP contribution >= 0.6 is 0 Å². The Hall–Kier alpha value is -3.01. The third-order valence-corrected chi connectivity index (χ3v) is 8.70. The van der Waals surface area contributed by atoms with E-state index in [-0.39, 0.29) is 5.69 Å². The first-order valence-corrected chi connectivity index (χ1v) is 14.0. The van der Waals surface area contributed by atoms with Gasteiger partial charge in [-0.1, -0.05) is 24.6 Å². The van der Waals surface area contributed by atoms with Crippen molar-refractivity contribution in [2.24, 2.45) is 0 Å². The Morgan fingerprint density at radius 3 is 2.39 bits per heavy atom. The number of aromatic nitrogens is 3. The number of fused-ring (bicyclic) bond motifs is 1. The molecule has 2 aliphatic heterocycles. The van der Waals surface area contributed by atoms with Crippen LogP contribution in [0, 0.1) is 0 Å². The highest BCUT2D eigenvalue weighted by Crippen LogP contribution is 2.43. The monoisotopic (exact) mass is 518 g/mol. The molecule has 9 heteroatoms. The molecular weight excluding hydrogens is 480 g/mol. The van der Waals surface area contributed by atoms with Gasteiger partial charge in [-0.3, -0.25) is 9.80 Å². The highest BCUT2D eigenvalue weighted by molar-refractivity contribution is 5.98. The summed E-state index contributed by atoms with van der Waals surface area (Å²) in [6.45, 7) is 8.02. The van der Waals surface area contributed by atoms with E-state index in [9.17, 15) is 9.90 Å². The molecule has 2 saturated heterocycles. The highest BCUT2D eigenvalue weighted by atomic mass is 16.5. The highest BCUT2D eigenvalue weighted by Gasteiger charge is 2.33. The van der Waals surface area contributed by atoms with Crippen molar-refractivity contribution >= 4 is 22.7 Å². The zero-order valence-corrected chi connectivity index (χ0v) is 22.3. The molecule has 1 saturated carbocycles. The van der Waals surface area contributed by atoms with E-state index in [1.165, 1.54) is 6.42 Å². The number of nitrogens with zero attached hydrogens (tertiary/aromatic N) is 6. The van der Waals surface area contributed by atoms with Crippen LogP contribution in [0.2, 0.25) is 0 Å². The molecule has 4 heterocycles. The SMILES string of the molecule is COCCN1CCN(C2CCN(c3cc(C(=O)O)nc4c3c(C3CCC3)nn4-c3ccccc3)CC2)CC1. The van der Waals surface area contributed by atoms with E-state index in [0.717, 1.165) is 101 Å². The van der Waals surface area contributed by atoms with Gasteiger partial charge in [0.25, 0.3) is 0 Å². The summed E-state index contributed by atoms with van der Waals surface area (Å²) in [7, 11) is 1.77. The first-order chi connectivity index (χ1) is 18.6. The third kappa shape index (κ3) is 4.90. The van der Waals surface area contributed by atoms with E-state index in [0.29, 0.717) is 17.6 Å². The van der Waals surface area contributed by atoms with Crippen molar-refractivity contribution in [2.75, 3.05) is 64.4 Å². The van der Waals surface area contributed by atoms with Crippen LogP contribution in [-0.2, 0) is 4.74 Å². The van der Waals surface area contributed by atoms with Gasteiger partial charge in [0.05, 0.1) is 29.1 Å². The van der Waals surface area contributed by atoms with Gasteiger partial charge in [-0.2, -0.15) is 5.10 Å². The maximum atomic E-state index is 12.2. The lowest BCUT2D eigenvalue weighted by Crippen LogP contribution is -2.53. The zero-order chi connectivity index (χ0) is 26.1. The fraction of sp³-hybridized carbons (Fsp3) is 0.552. The van der Waals surface area contributed by atoms with Gasteiger partial charge in [0.1, 0.15) is 0 Å². The lowest BCUT2D eigenvalue weighted by Gasteiger charge is -2.43.